The summed E-state index contributed by atoms with van der Waals surface area (Å²) in [6.07, 6.45) is 1.26. The lowest BCUT2D eigenvalue weighted by Gasteiger charge is -2.27. The normalized spacial score (nSPS) is 18.7. The van der Waals surface area contributed by atoms with Gasteiger partial charge >= 0.3 is 0 Å². The minimum absolute atomic E-state index is 0.0120. The van der Waals surface area contributed by atoms with Gasteiger partial charge in [0.25, 0.3) is 0 Å². The van der Waals surface area contributed by atoms with E-state index in [1.54, 1.807) is 4.57 Å². The van der Waals surface area contributed by atoms with Crippen molar-refractivity contribution < 1.29 is 32.1 Å². The van der Waals surface area contributed by atoms with E-state index in [1.807, 2.05) is 0 Å². The molecule has 2 aromatic rings. The molecule has 2 aromatic heterocycles. The van der Waals surface area contributed by atoms with E-state index in [1.165, 1.54) is 40.6 Å². The number of rotatable bonds is 12. The number of ether oxygens (including phenoxy) is 5. The van der Waals surface area contributed by atoms with Gasteiger partial charge in [-0.25, -0.2) is 18.4 Å². The predicted octanol–water partition coefficient (Wildman–Crippen LogP) is 1.16. The van der Waals surface area contributed by atoms with Crippen LogP contribution in [0.2, 0.25) is 5.02 Å². The number of nitrogens with one attached hydrogen (secondary N) is 1. The van der Waals surface area contributed by atoms with E-state index in [2.05, 4.69) is 24.9 Å². The van der Waals surface area contributed by atoms with Crippen molar-refractivity contribution >= 4 is 27.6 Å². The number of aromatic nitrogens is 5. The van der Waals surface area contributed by atoms with Crippen molar-refractivity contribution in [1.29, 1.82) is 0 Å². The molecule has 0 bridgehead atoms. The Labute approximate surface area is 203 Å². The molecule has 34 heavy (non-hydrogen) atoms. The fraction of sp³-hybridized carbons (Fsp3) is 0.684. The molecule has 190 valence electrons. The summed E-state index contributed by atoms with van der Waals surface area (Å²) in [5.74, 6) is 0.562. The molecule has 13 nitrogen and oxygen atoms in total. The van der Waals surface area contributed by atoms with E-state index in [9.17, 15) is 8.42 Å². The SMILES string of the molecule is COCC(COC)n1c(NS(=O)(=O)C(C)C(OC)c2ncc(Cl)cn2)nnc1[C@H]1COCCO1. The average molecular weight is 521 g/mol. The summed E-state index contributed by atoms with van der Waals surface area (Å²) in [6.45, 7) is 3.02. The average Bonchev–Trinajstić information content (AvgIpc) is 3.23. The number of methoxy groups -OCH3 is 3. The van der Waals surface area contributed by atoms with Crippen molar-refractivity contribution in [1.82, 2.24) is 24.7 Å². The molecular weight excluding hydrogens is 492 g/mol. The maximum Gasteiger partial charge on any atom is 0.240 e. The molecule has 1 saturated heterocycles. The van der Waals surface area contributed by atoms with Gasteiger partial charge in [0.2, 0.25) is 16.0 Å². The number of anilines is 1. The van der Waals surface area contributed by atoms with Crippen molar-refractivity contribution in [2.24, 2.45) is 0 Å². The monoisotopic (exact) mass is 520 g/mol. The summed E-state index contributed by atoms with van der Waals surface area (Å²) in [5.41, 5.74) is 0. The molecule has 0 aromatic carbocycles. The van der Waals surface area contributed by atoms with E-state index in [0.717, 1.165) is 0 Å². The van der Waals surface area contributed by atoms with Crippen molar-refractivity contribution in [3.63, 3.8) is 0 Å². The first-order valence-electron chi connectivity index (χ1n) is 10.5. The molecule has 0 aliphatic carbocycles. The molecule has 15 heteroatoms. The molecule has 2 unspecified atom stereocenters. The van der Waals surface area contributed by atoms with Gasteiger partial charge in [0.05, 0.1) is 44.1 Å². The van der Waals surface area contributed by atoms with Crippen LogP contribution in [0.5, 0.6) is 0 Å². The van der Waals surface area contributed by atoms with Gasteiger partial charge < -0.3 is 23.7 Å². The molecule has 0 saturated carbocycles. The topological polar surface area (TPSA) is 149 Å². The largest absolute Gasteiger partial charge is 0.382 e. The summed E-state index contributed by atoms with van der Waals surface area (Å²) < 4.78 is 58.2. The molecule has 0 amide bonds. The Morgan fingerprint density at radius 1 is 1.18 bits per heavy atom. The van der Waals surface area contributed by atoms with Gasteiger partial charge in [-0.1, -0.05) is 11.6 Å². The third kappa shape index (κ3) is 6.19. The van der Waals surface area contributed by atoms with E-state index < -0.39 is 33.5 Å². The number of nitrogens with zero attached hydrogens (tertiary/aromatic N) is 5. The van der Waals surface area contributed by atoms with Crippen LogP contribution in [0.25, 0.3) is 0 Å². The Hall–Kier alpha value is -1.94. The number of hydrogen-bond donors (Lipinski definition) is 1. The van der Waals surface area contributed by atoms with Crippen LogP contribution >= 0.6 is 11.6 Å². The molecular formula is C19H29ClN6O7S. The number of halogens is 1. The van der Waals surface area contributed by atoms with Crippen LogP contribution in [0.4, 0.5) is 5.95 Å². The highest BCUT2D eigenvalue weighted by Gasteiger charge is 2.36. The lowest BCUT2D eigenvalue weighted by atomic mass is 10.2. The fourth-order valence-corrected chi connectivity index (χ4v) is 4.77. The highest BCUT2D eigenvalue weighted by Crippen LogP contribution is 2.29. The van der Waals surface area contributed by atoms with Crippen molar-refractivity contribution in [2.45, 2.75) is 30.4 Å². The van der Waals surface area contributed by atoms with Gasteiger partial charge in [0, 0.05) is 33.7 Å². The standard InChI is InChI=1S/C19H29ClN6O7S/c1-12(16(31-4)17-21-7-13(20)8-22-17)34(27,28)25-19-24-23-18(15-11-32-5-6-33-15)26(19)14(9-29-2)10-30-3/h7-8,12,14-16H,5-6,9-11H2,1-4H3,(H,24,25)/t12?,15-,16?/m1/s1. The number of hydrogen-bond acceptors (Lipinski definition) is 11. The zero-order chi connectivity index (χ0) is 24.7. The summed E-state index contributed by atoms with van der Waals surface area (Å²) in [6, 6.07) is -0.434. The molecule has 0 radical (unpaired) electrons. The zero-order valence-corrected chi connectivity index (χ0v) is 21.0. The fourth-order valence-electron chi connectivity index (χ4n) is 3.53. The van der Waals surface area contributed by atoms with Gasteiger partial charge in [0.15, 0.2) is 11.6 Å². The van der Waals surface area contributed by atoms with Gasteiger partial charge in [-0.15, -0.1) is 10.2 Å². The van der Waals surface area contributed by atoms with Crippen LogP contribution < -0.4 is 4.72 Å². The summed E-state index contributed by atoms with van der Waals surface area (Å²) in [4.78, 5) is 8.19. The Kier molecular flexibility index (Phi) is 9.53. The van der Waals surface area contributed by atoms with Crippen LogP contribution in [-0.2, 0) is 33.7 Å². The van der Waals surface area contributed by atoms with Crippen molar-refractivity contribution in [2.75, 3.05) is 59.1 Å². The summed E-state index contributed by atoms with van der Waals surface area (Å²) >= 11 is 5.85. The second-order valence-electron chi connectivity index (χ2n) is 7.52. The van der Waals surface area contributed by atoms with Crippen LogP contribution in [-0.4, -0.2) is 92.8 Å². The van der Waals surface area contributed by atoms with Crippen LogP contribution in [0.1, 0.15) is 36.8 Å². The minimum Gasteiger partial charge on any atom is -0.382 e. The second-order valence-corrected chi connectivity index (χ2v) is 9.99. The summed E-state index contributed by atoms with van der Waals surface area (Å²) in [5, 5.41) is 7.53. The quantitative estimate of drug-likeness (QED) is 0.429. The van der Waals surface area contributed by atoms with Crippen molar-refractivity contribution in [3.8, 4) is 0 Å². The van der Waals surface area contributed by atoms with Gasteiger partial charge in [-0.05, 0) is 6.92 Å². The van der Waals surface area contributed by atoms with Gasteiger partial charge in [0.1, 0.15) is 17.5 Å². The molecule has 1 aliphatic rings. The van der Waals surface area contributed by atoms with Gasteiger partial charge in [-0.3, -0.25) is 9.29 Å². The Bertz CT molecular complexity index is 1010. The molecule has 1 N–H and O–H groups in total. The van der Waals surface area contributed by atoms with Crippen molar-refractivity contribution in [3.05, 3.63) is 29.1 Å². The smallest absolute Gasteiger partial charge is 0.240 e. The minimum atomic E-state index is -4.05. The Morgan fingerprint density at radius 2 is 1.85 bits per heavy atom. The highest BCUT2D eigenvalue weighted by molar-refractivity contribution is 7.93. The molecule has 0 spiro atoms. The predicted molar refractivity (Wildman–Crippen MR) is 121 cm³/mol. The highest BCUT2D eigenvalue weighted by atomic mass is 35.5. The molecule has 3 atom stereocenters. The maximum atomic E-state index is 13.3. The third-order valence-corrected chi connectivity index (χ3v) is 7.10. The maximum absolute atomic E-state index is 13.3. The lowest BCUT2D eigenvalue weighted by Crippen LogP contribution is -2.35. The molecule has 3 heterocycles. The van der Waals surface area contributed by atoms with E-state index in [0.29, 0.717) is 24.1 Å². The third-order valence-electron chi connectivity index (χ3n) is 5.21. The molecule has 3 rings (SSSR count). The zero-order valence-electron chi connectivity index (χ0n) is 19.4. The summed E-state index contributed by atoms with van der Waals surface area (Å²) in [7, 11) is 0.398. The van der Waals surface area contributed by atoms with Crippen LogP contribution in [0, 0.1) is 0 Å². The molecule has 1 fully saturated rings. The van der Waals surface area contributed by atoms with E-state index >= 15 is 0 Å². The van der Waals surface area contributed by atoms with Crippen LogP contribution in [0.3, 0.4) is 0 Å². The van der Waals surface area contributed by atoms with Gasteiger partial charge in [-0.2, -0.15) is 0 Å². The Balaban J connectivity index is 1.94. The van der Waals surface area contributed by atoms with E-state index in [4.69, 9.17) is 35.3 Å². The first-order chi connectivity index (χ1) is 16.3. The Morgan fingerprint density at radius 3 is 2.41 bits per heavy atom. The first-order valence-corrected chi connectivity index (χ1v) is 12.4. The van der Waals surface area contributed by atoms with E-state index in [-0.39, 0.29) is 31.6 Å². The number of sulfonamides is 1. The van der Waals surface area contributed by atoms with Crippen LogP contribution in [0.15, 0.2) is 12.4 Å². The lowest BCUT2D eigenvalue weighted by molar-refractivity contribution is -0.0957. The first kappa shape index (κ1) is 26.7. The second kappa shape index (κ2) is 12.2. The molecule has 1 aliphatic heterocycles.